The molecule has 6 heteroatoms. The Morgan fingerprint density at radius 3 is 2.84 bits per heavy atom. The van der Waals surface area contributed by atoms with Crippen molar-refractivity contribution in [3.8, 4) is 16.6 Å². The van der Waals surface area contributed by atoms with Crippen molar-refractivity contribution in [3.05, 3.63) is 53.6 Å². The monoisotopic (exact) mass is 267 g/mol. The minimum atomic E-state index is 0.179. The quantitative estimate of drug-likeness (QED) is 0.730. The van der Waals surface area contributed by atoms with Gasteiger partial charge in [-0.15, -0.1) is 16.4 Å². The fourth-order valence-corrected chi connectivity index (χ4v) is 2.50. The fourth-order valence-electron chi connectivity index (χ4n) is 1.68. The fraction of sp³-hybridized carbons (Fsp3) is 0.0769. The molecule has 0 amide bonds. The second-order valence-electron chi connectivity index (χ2n) is 3.89. The highest BCUT2D eigenvalue weighted by atomic mass is 32.1. The molecule has 0 saturated carbocycles. The average Bonchev–Trinajstić information content (AvgIpc) is 3.09. The number of nitrogens with zero attached hydrogens (tertiary/aromatic N) is 5. The first-order valence-corrected chi connectivity index (χ1v) is 6.52. The van der Waals surface area contributed by atoms with Crippen molar-refractivity contribution in [2.75, 3.05) is 0 Å². The maximum Gasteiger partial charge on any atom is 0.252 e. The molecule has 0 atom stereocenters. The molecule has 0 fully saturated rings. The van der Waals surface area contributed by atoms with Gasteiger partial charge in [-0.2, -0.15) is 5.26 Å². The van der Waals surface area contributed by atoms with Crippen LogP contribution in [0.4, 0.5) is 0 Å². The molecule has 0 N–H and O–H groups in total. The van der Waals surface area contributed by atoms with Crippen molar-refractivity contribution in [1.29, 1.82) is 5.26 Å². The van der Waals surface area contributed by atoms with Crippen molar-refractivity contribution in [2.24, 2.45) is 0 Å². The lowest BCUT2D eigenvalue weighted by atomic mass is 10.2. The van der Waals surface area contributed by atoms with E-state index in [0.717, 1.165) is 16.3 Å². The summed E-state index contributed by atoms with van der Waals surface area (Å²) in [7, 11) is 0. The zero-order chi connectivity index (χ0) is 13.1. The summed E-state index contributed by atoms with van der Waals surface area (Å²) in [6, 6.07) is 11.9. The molecular weight excluding hydrogens is 258 g/mol. The van der Waals surface area contributed by atoms with Crippen LogP contribution in [0, 0.1) is 11.3 Å². The minimum Gasteiger partial charge on any atom is -0.246 e. The molecule has 92 valence electrons. The molecular formula is C13H9N5S. The standard InChI is InChI=1S/C13H9N5S/c14-6-12-15-9-18(17-12)7-11-8-19-13(16-11)10-4-2-1-3-5-10/h1-5,8-9H,7H2. The molecule has 19 heavy (non-hydrogen) atoms. The summed E-state index contributed by atoms with van der Waals surface area (Å²) in [5.41, 5.74) is 2.02. The zero-order valence-corrected chi connectivity index (χ0v) is 10.7. The maximum atomic E-state index is 8.67. The SMILES string of the molecule is N#Cc1ncn(Cc2csc(-c3ccccc3)n2)n1. The summed E-state index contributed by atoms with van der Waals surface area (Å²) in [4.78, 5) is 8.42. The molecule has 0 saturated heterocycles. The van der Waals surface area contributed by atoms with E-state index < -0.39 is 0 Å². The molecule has 2 heterocycles. The third kappa shape index (κ3) is 2.51. The minimum absolute atomic E-state index is 0.179. The summed E-state index contributed by atoms with van der Waals surface area (Å²) in [5, 5.41) is 15.7. The Bertz CT molecular complexity index is 723. The number of rotatable bonds is 3. The summed E-state index contributed by atoms with van der Waals surface area (Å²) in [6.07, 6.45) is 1.54. The number of benzene rings is 1. The van der Waals surface area contributed by atoms with Crippen LogP contribution in [-0.4, -0.2) is 19.7 Å². The van der Waals surface area contributed by atoms with E-state index in [1.54, 1.807) is 22.3 Å². The zero-order valence-electron chi connectivity index (χ0n) is 9.89. The second-order valence-corrected chi connectivity index (χ2v) is 4.75. The number of nitriles is 1. The Hall–Kier alpha value is -2.52. The summed E-state index contributed by atoms with van der Waals surface area (Å²) >= 11 is 1.60. The molecule has 5 nitrogen and oxygen atoms in total. The van der Waals surface area contributed by atoms with Crippen molar-refractivity contribution in [3.63, 3.8) is 0 Å². The van der Waals surface area contributed by atoms with Crippen molar-refractivity contribution >= 4 is 11.3 Å². The predicted octanol–water partition coefficient (Wildman–Crippen LogP) is 2.32. The van der Waals surface area contributed by atoms with Crippen molar-refractivity contribution < 1.29 is 0 Å². The lowest BCUT2D eigenvalue weighted by Gasteiger charge is -1.96. The van der Waals surface area contributed by atoms with Crippen LogP contribution in [0.1, 0.15) is 11.5 Å². The Labute approximate surface area is 113 Å². The predicted molar refractivity (Wildman–Crippen MR) is 71.4 cm³/mol. The van der Waals surface area contributed by atoms with E-state index in [-0.39, 0.29) is 5.82 Å². The third-order valence-electron chi connectivity index (χ3n) is 2.53. The highest BCUT2D eigenvalue weighted by Gasteiger charge is 2.06. The van der Waals surface area contributed by atoms with Crippen LogP contribution in [0.2, 0.25) is 0 Å². The van der Waals surface area contributed by atoms with E-state index in [4.69, 9.17) is 5.26 Å². The Morgan fingerprint density at radius 2 is 2.11 bits per heavy atom. The Kier molecular flexibility index (Phi) is 3.04. The van der Waals surface area contributed by atoms with Gasteiger partial charge in [0.05, 0.1) is 12.2 Å². The van der Waals surface area contributed by atoms with Gasteiger partial charge in [0.1, 0.15) is 17.4 Å². The topological polar surface area (TPSA) is 67.4 Å². The van der Waals surface area contributed by atoms with E-state index in [0.29, 0.717) is 6.54 Å². The first kappa shape index (κ1) is 11.6. The van der Waals surface area contributed by atoms with E-state index in [1.165, 1.54) is 0 Å². The summed E-state index contributed by atoms with van der Waals surface area (Å²) in [6.45, 7) is 0.526. The molecule has 0 aliphatic carbocycles. The van der Waals surface area contributed by atoms with Gasteiger partial charge in [0.2, 0.25) is 0 Å². The first-order chi connectivity index (χ1) is 9.35. The van der Waals surface area contributed by atoms with Gasteiger partial charge in [-0.25, -0.2) is 14.6 Å². The average molecular weight is 267 g/mol. The van der Waals surface area contributed by atoms with Gasteiger partial charge in [0.15, 0.2) is 0 Å². The van der Waals surface area contributed by atoms with Crippen LogP contribution in [0.15, 0.2) is 42.0 Å². The lowest BCUT2D eigenvalue weighted by molar-refractivity contribution is 0.672. The lowest BCUT2D eigenvalue weighted by Crippen LogP contribution is -2.00. The maximum absolute atomic E-state index is 8.67. The van der Waals surface area contributed by atoms with Crippen molar-refractivity contribution in [2.45, 2.75) is 6.54 Å². The van der Waals surface area contributed by atoms with Crippen LogP contribution in [-0.2, 0) is 6.54 Å². The summed E-state index contributed by atoms with van der Waals surface area (Å²) < 4.78 is 1.61. The van der Waals surface area contributed by atoms with Gasteiger partial charge in [-0.3, -0.25) is 0 Å². The Morgan fingerprint density at radius 1 is 1.26 bits per heavy atom. The molecule has 0 unspecified atom stereocenters. The molecule has 0 spiro atoms. The van der Waals surface area contributed by atoms with Gasteiger partial charge in [-0.1, -0.05) is 30.3 Å². The third-order valence-corrected chi connectivity index (χ3v) is 3.47. The highest BCUT2D eigenvalue weighted by Crippen LogP contribution is 2.23. The smallest absolute Gasteiger partial charge is 0.246 e. The molecule has 1 aromatic carbocycles. The van der Waals surface area contributed by atoms with Crippen LogP contribution >= 0.6 is 11.3 Å². The van der Waals surface area contributed by atoms with Gasteiger partial charge in [0, 0.05) is 10.9 Å². The molecule has 3 aromatic rings. The molecule has 2 aromatic heterocycles. The van der Waals surface area contributed by atoms with Crippen molar-refractivity contribution in [1.82, 2.24) is 19.7 Å². The highest BCUT2D eigenvalue weighted by molar-refractivity contribution is 7.13. The van der Waals surface area contributed by atoms with Crippen LogP contribution in [0.25, 0.3) is 10.6 Å². The van der Waals surface area contributed by atoms with E-state index in [2.05, 4.69) is 15.1 Å². The summed E-state index contributed by atoms with van der Waals surface area (Å²) in [5.74, 6) is 0.179. The normalized spacial score (nSPS) is 10.3. The molecule has 0 radical (unpaired) electrons. The number of hydrogen-bond donors (Lipinski definition) is 0. The largest absolute Gasteiger partial charge is 0.252 e. The van der Waals surface area contributed by atoms with E-state index in [9.17, 15) is 0 Å². The van der Waals surface area contributed by atoms with Crippen LogP contribution < -0.4 is 0 Å². The molecule has 3 rings (SSSR count). The molecule has 0 bridgehead atoms. The van der Waals surface area contributed by atoms with Gasteiger partial charge < -0.3 is 0 Å². The van der Waals surface area contributed by atoms with E-state index >= 15 is 0 Å². The second kappa shape index (κ2) is 5.00. The Balaban J connectivity index is 1.80. The van der Waals surface area contributed by atoms with Crippen LogP contribution in [0.5, 0.6) is 0 Å². The van der Waals surface area contributed by atoms with Gasteiger partial charge in [0.25, 0.3) is 5.82 Å². The van der Waals surface area contributed by atoms with Gasteiger partial charge >= 0.3 is 0 Å². The molecule has 0 aliphatic heterocycles. The first-order valence-electron chi connectivity index (χ1n) is 5.64. The van der Waals surface area contributed by atoms with E-state index in [1.807, 2.05) is 41.8 Å². The number of aromatic nitrogens is 4. The van der Waals surface area contributed by atoms with Crippen LogP contribution in [0.3, 0.4) is 0 Å². The number of hydrogen-bond acceptors (Lipinski definition) is 5. The van der Waals surface area contributed by atoms with Gasteiger partial charge in [-0.05, 0) is 0 Å². The molecule has 0 aliphatic rings. The number of thiazole rings is 1.